The Hall–Kier alpha value is -1.76. The molecule has 0 spiro atoms. The third kappa shape index (κ3) is 3.12. The second-order valence-electron chi connectivity index (χ2n) is 4.89. The molecular formula is C14H13BrF2N4. The van der Waals surface area contributed by atoms with E-state index in [1.54, 1.807) is 13.1 Å². The Kier molecular flexibility index (Phi) is 3.75. The molecule has 1 fully saturated rings. The standard InChI is InChI=1S/C14H13BrF2N4/c1-18-12-6-13(21-14(20-12)7-2-3-7)19-11-5-9(16)8(15)4-10(11)17/h4-7H,2-3H2,1H3,(H2,18,19,20,21). The smallest absolute Gasteiger partial charge is 0.148 e. The van der Waals surface area contributed by atoms with E-state index in [1.807, 2.05) is 0 Å². The van der Waals surface area contributed by atoms with Gasteiger partial charge in [-0.25, -0.2) is 18.7 Å². The molecule has 21 heavy (non-hydrogen) atoms. The molecule has 0 radical (unpaired) electrons. The minimum atomic E-state index is -0.555. The van der Waals surface area contributed by atoms with Crippen LogP contribution >= 0.6 is 15.9 Å². The predicted molar refractivity (Wildman–Crippen MR) is 80.9 cm³/mol. The van der Waals surface area contributed by atoms with Crippen LogP contribution in [0.5, 0.6) is 0 Å². The number of benzene rings is 1. The Labute approximate surface area is 129 Å². The lowest BCUT2D eigenvalue weighted by Gasteiger charge is -2.11. The molecular weight excluding hydrogens is 342 g/mol. The van der Waals surface area contributed by atoms with Gasteiger partial charge in [0.15, 0.2) is 0 Å². The summed E-state index contributed by atoms with van der Waals surface area (Å²) in [6, 6.07) is 3.84. The zero-order valence-corrected chi connectivity index (χ0v) is 12.8. The molecule has 0 amide bonds. The summed E-state index contributed by atoms with van der Waals surface area (Å²) in [6.45, 7) is 0. The molecule has 110 valence electrons. The lowest BCUT2D eigenvalue weighted by molar-refractivity contribution is 0.597. The zero-order valence-electron chi connectivity index (χ0n) is 11.3. The summed E-state index contributed by atoms with van der Waals surface area (Å²) in [5, 5.41) is 5.76. The highest BCUT2D eigenvalue weighted by Gasteiger charge is 2.27. The predicted octanol–water partition coefficient (Wildman–Crippen LogP) is 4.18. The largest absolute Gasteiger partial charge is 0.373 e. The van der Waals surface area contributed by atoms with Crippen LogP contribution in [-0.2, 0) is 0 Å². The fourth-order valence-electron chi connectivity index (χ4n) is 1.94. The molecule has 0 saturated heterocycles. The van der Waals surface area contributed by atoms with E-state index in [-0.39, 0.29) is 10.2 Å². The van der Waals surface area contributed by atoms with E-state index in [0.29, 0.717) is 17.6 Å². The van der Waals surface area contributed by atoms with Crippen molar-refractivity contribution in [3.8, 4) is 0 Å². The van der Waals surface area contributed by atoms with E-state index in [4.69, 9.17) is 0 Å². The number of aromatic nitrogens is 2. The summed E-state index contributed by atoms with van der Waals surface area (Å²) in [4.78, 5) is 8.74. The quantitative estimate of drug-likeness (QED) is 0.808. The molecule has 1 saturated carbocycles. The zero-order chi connectivity index (χ0) is 15.0. The lowest BCUT2D eigenvalue weighted by Crippen LogP contribution is -2.04. The number of anilines is 3. The van der Waals surface area contributed by atoms with Gasteiger partial charge in [-0.05, 0) is 34.8 Å². The Morgan fingerprint density at radius 2 is 1.81 bits per heavy atom. The topological polar surface area (TPSA) is 49.8 Å². The van der Waals surface area contributed by atoms with Crippen molar-refractivity contribution in [2.75, 3.05) is 17.7 Å². The SMILES string of the molecule is CNc1cc(Nc2cc(F)c(Br)cc2F)nc(C2CC2)n1. The van der Waals surface area contributed by atoms with Crippen LogP contribution in [0.3, 0.4) is 0 Å². The summed E-state index contributed by atoms with van der Waals surface area (Å²) >= 11 is 2.95. The van der Waals surface area contributed by atoms with Gasteiger partial charge in [-0.2, -0.15) is 0 Å². The third-order valence-corrected chi connectivity index (χ3v) is 3.82. The monoisotopic (exact) mass is 354 g/mol. The number of nitrogens with zero attached hydrogens (tertiary/aromatic N) is 2. The van der Waals surface area contributed by atoms with Crippen molar-refractivity contribution < 1.29 is 8.78 Å². The van der Waals surface area contributed by atoms with Crippen LogP contribution in [0.15, 0.2) is 22.7 Å². The van der Waals surface area contributed by atoms with Gasteiger partial charge in [-0.1, -0.05) is 0 Å². The van der Waals surface area contributed by atoms with E-state index < -0.39 is 11.6 Å². The van der Waals surface area contributed by atoms with Crippen molar-refractivity contribution >= 4 is 33.3 Å². The maximum absolute atomic E-state index is 13.9. The Balaban J connectivity index is 1.94. The minimum absolute atomic E-state index is 0.0400. The summed E-state index contributed by atoms with van der Waals surface area (Å²) < 4.78 is 27.5. The van der Waals surface area contributed by atoms with Crippen LogP contribution in [0.2, 0.25) is 0 Å². The molecule has 1 aliphatic rings. The van der Waals surface area contributed by atoms with E-state index in [9.17, 15) is 8.78 Å². The lowest BCUT2D eigenvalue weighted by atomic mass is 10.3. The van der Waals surface area contributed by atoms with Gasteiger partial charge in [-0.15, -0.1) is 0 Å². The van der Waals surface area contributed by atoms with Crippen LogP contribution in [0.25, 0.3) is 0 Å². The van der Waals surface area contributed by atoms with Crippen LogP contribution in [-0.4, -0.2) is 17.0 Å². The summed E-state index contributed by atoms with van der Waals surface area (Å²) in [5.74, 6) is 1.09. The number of rotatable bonds is 4. The molecule has 2 aromatic rings. The highest BCUT2D eigenvalue weighted by atomic mass is 79.9. The van der Waals surface area contributed by atoms with Crippen LogP contribution < -0.4 is 10.6 Å². The van der Waals surface area contributed by atoms with Gasteiger partial charge < -0.3 is 10.6 Å². The van der Waals surface area contributed by atoms with E-state index in [0.717, 1.165) is 30.8 Å². The van der Waals surface area contributed by atoms with Gasteiger partial charge in [0.05, 0.1) is 10.2 Å². The van der Waals surface area contributed by atoms with Crippen molar-refractivity contribution in [1.82, 2.24) is 9.97 Å². The second kappa shape index (κ2) is 5.55. The summed E-state index contributed by atoms with van der Waals surface area (Å²) in [5.41, 5.74) is 0.0400. The Morgan fingerprint density at radius 1 is 1.10 bits per heavy atom. The van der Waals surface area contributed by atoms with Gasteiger partial charge in [-0.3, -0.25) is 0 Å². The molecule has 1 aromatic carbocycles. The minimum Gasteiger partial charge on any atom is -0.373 e. The number of halogens is 3. The molecule has 4 nitrogen and oxygen atoms in total. The van der Waals surface area contributed by atoms with Crippen molar-refractivity contribution in [2.24, 2.45) is 0 Å². The molecule has 1 heterocycles. The summed E-state index contributed by atoms with van der Waals surface area (Å²) in [6.07, 6.45) is 2.13. The molecule has 2 N–H and O–H groups in total. The van der Waals surface area contributed by atoms with Crippen LogP contribution in [0.1, 0.15) is 24.6 Å². The van der Waals surface area contributed by atoms with E-state index in [2.05, 4.69) is 36.5 Å². The number of nitrogens with one attached hydrogen (secondary N) is 2. The average Bonchev–Trinajstić information content (AvgIpc) is 3.29. The highest BCUT2D eigenvalue weighted by molar-refractivity contribution is 9.10. The summed E-state index contributed by atoms with van der Waals surface area (Å²) in [7, 11) is 1.75. The van der Waals surface area contributed by atoms with Gasteiger partial charge in [0.25, 0.3) is 0 Å². The second-order valence-corrected chi connectivity index (χ2v) is 5.75. The normalized spacial score (nSPS) is 14.1. The maximum Gasteiger partial charge on any atom is 0.148 e. The highest BCUT2D eigenvalue weighted by Crippen LogP contribution is 2.39. The van der Waals surface area contributed by atoms with E-state index in [1.165, 1.54) is 0 Å². The fraction of sp³-hybridized carbons (Fsp3) is 0.286. The molecule has 1 aliphatic carbocycles. The van der Waals surface area contributed by atoms with Gasteiger partial charge in [0, 0.05) is 25.1 Å². The first-order valence-corrected chi connectivity index (χ1v) is 7.34. The van der Waals surface area contributed by atoms with Gasteiger partial charge in [0.2, 0.25) is 0 Å². The first-order chi connectivity index (χ1) is 10.1. The van der Waals surface area contributed by atoms with Gasteiger partial charge >= 0.3 is 0 Å². The molecule has 7 heteroatoms. The molecule has 0 unspecified atom stereocenters. The molecule has 0 atom stereocenters. The maximum atomic E-state index is 13.9. The van der Waals surface area contributed by atoms with E-state index >= 15 is 0 Å². The van der Waals surface area contributed by atoms with Crippen molar-refractivity contribution in [3.63, 3.8) is 0 Å². The molecule has 1 aromatic heterocycles. The van der Waals surface area contributed by atoms with Crippen molar-refractivity contribution in [3.05, 3.63) is 40.1 Å². The van der Waals surface area contributed by atoms with Crippen molar-refractivity contribution in [1.29, 1.82) is 0 Å². The molecule has 3 rings (SSSR count). The first kappa shape index (κ1) is 14.2. The molecule has 0 aliphatic heterocycles. The van der Waals surface area contributed by atoms with Crippen LogP contribution in [0.4, 0.5) is 26.1 Å². The third-order valence-electron chi connectivity index (χ3n) is 3.21. The average molecular weight is 355 g/mol. The van der Waals surface area contributed by atoms with Gasteiger partial charge in [0.1, 0.15) is 29.1 Å². The van der Waals surface area contributed by atoms with Crippen LogP contribution in [0, 0.1) is 11.6 Å². The first-order valence-electron chi connectivity index (χ1n) is 6.55. The fourth-order valence-corrected chi connectivity index (χ4v) is 2.25. The van der Waals surface area contributed by atoms with Crippen molar-refractivity contribution in [2.45, 2.75) is 18.8 Å². The number of hydrogen-bond donors (Lipinski definition) is 2. The number of hydrogen-bond acceptors (Lipinski definition) is 4. The Morgan fingerprint density at radius 3 is 2.48 bits per heavy atom. The molecule has 0 bridgehead atoms. The Bertz CT molecular complexity index is 689.